The van der Waals surface area contributed by atoms with Crippen LogP contribution in [0.4, 0.5) is 0 Å². The molecule has 10 heteroatoms. The third kappa shape index (κ3) is 15.6. The molecular formula is C28H52O8P2. The standard InChI is InChI=1S/C28H52O8P2/c1-5-9-11-13-15-17-19-33-27-22-26(24-38(32,35-7-3)36-8-4)28(21-25(27)23-37(29,30)31)34-20-18-16-14-12-10-6-2/h21-22H,5-20,23-24H2,1-4H3,(H2,29,30,31). The Hall–Kier alpha value is -0.880. The van der Waals surface area contributed by atoms with Gasteiger partial charge in [-0.15, -0.1) is 0 Å². The first-order valence-corrected chi connectivity index (χ1v) is 18.0. The Kier molecular flexibility index (Phi) is 18.6. The van der Waals surface area contributed by atoms with Gasteiger partial charge in [0.1, 0.15) is 11.5 Å². The lowest BCUT2D eigenvalue weighted by Crippen LogP contribution is -2.07. The second-order valence-corrected chi connectivity index (χ2v) is 13.4. The normalized spacial score (nSPS) is 12.2. The van der Waals surface area contributed by atoms with E-state index in [1.165, 1.54) is 38.5 Å². The van der Waals surface area contributed by atoms with Crippen LogP contribution in [0.2, 0.25) is 0 Å². The fourth-order valence-electron chi connectivity index (χ4n) is 4.24. The maximum atomic E-state index is 13.4. The molecular weight excluding hydrogens is 526 g/mol. The monoisotopic (exact) mass is 578 g/mol. The molecule has 0 aromatic heterocycles. The Morgan fingerprint density at radius 1 is 0.605 bits per heavy atom. The summed E-state index contributed by atoms with van der Waals surface area (Å²) in [5.41, 5.74) is 0.974. The molecule has 1 rings (SSSR count). The summed E-state index contributed by atoms with van der Waals surface area (Å²) < 4.78 is 48.4. The smallest absolute Gasteiger partial charge is 0.335 e. The second kappa shape index (κ2) is 20.1. The zero-order valence-electron chi connectivity index (χ0n) is 24.1. The third-order valence-electron chi connectivity index (χ3n) is 6.15. The third-order valence-corrected chi connectivity index (χ3v) is 8.93. The van der Waals surface area contributed by atoms with Crippen LogP contribution < -0.4 is 9.47 Å². The summed E-state index contributed by atoms with van der Waals surface area (Å²) in [6, 6.07) is 3.33. The fourth-order valence-corrected chi connectivity index (χ4v) is 6.64. The van der Waals surface area contributed by atoms with Gasteiger partial charge in [0, 0.05) is 11.1 Å². The maximum Gasteiger partial charge on any atom is 0.335 e. The summed E-state index contributed by atoms with van der Waals surface area (Å²) in [5.74, 6) is 0.817. The summed E-state index contributed by atoms with van der Waals surface area (Å²) in [7, 11) is -7.79. The predicted molar refractivity (Wildman–Crippen MR) is 154 cm³/mol. The van der Waals surface area contributed by atoms with Gasteiger partial charge in [0.15, 0.2) is 0 Å². The van der Waals surface area contributed by atoms with Crippen LogP contribution in [0.1, 0.15) is 116 Å². The van der Waals surface area contributed by atoms with Gasteiger partial charge in [-0.2, -0.15) is 0 Å². The molecule has 0 saturated carbocycles. The highest BCUT2D eigenvalue weighted by Gasteiger charge is 2.28. The summed E-state index contributed by atoms with van der Waals surface area (Å²) >= 11 is 0. The molecule has 8 nitrogen and oxygen atoms in total. The van der Waals surface area contributed by atoms with Gasteiger partial charge in [0.2, 0.25) is 0 Å². The molecule has 0 saturated heterocycles. The van der Waals surface area contributed by atoms with E-state index in [2.05, 4.69) is 13.8 Å². The Labute approximate surface area is 230 Å². The van der Waals surface area contributed by atoms with Crippen molar-refractivity contribution in [1.29, 1.82) is 0 Å². The highest BCUT2D eigenvalue weighted by molar-refractivity contribution is 7.53. The van der Waals surface area contributed by atoms with E-state index in [1.807, 2.05) is 0 Å². The van der Waals surface area contributed by atoms with Crippen molar-refractivity contribution in [2.75, 3.05) is 26.4 Å². The summed E-state index contributed by atoms with van der Waals surface area (Å²) in [6.45, 7) is 9.27. The van der Waals surface area contributed by atoms with Crippen LogP contribution in [0.5, 0.6) is 11.5 Å². The van der Waals surface area contributed by atoms with Gasteiger partial charge in [-0.1, -0.05) is 78.1 Å². The lowest BCUT2D eigenvalue weighted by molar-refractivity contribution is 0.218. The van der Waals surface area contributed by atoms with Gasteiger partial charge < -0.3 is 28.3 Å². The molecule has 222 valence electrons. The van der Waals surface area contributed by atoms with Crippen LogP contribution in [-0.4, -0.2) is 36.2 Å². The first-order valence-electron chi connectivity index (χ1n) is 14.5. The molecule has 0 atom stereocenters. The Bertz CT molecular complexity index is 846. The number of hydrogen-bond donors (Lipinski definition) is 2. The molecule has 0 fully saturated rings. The van der Waals surface area contributed by atoms with E-state index in [-0.39, 0.29) is 19.4 Å². The largest absolute Gasteiger partial charge is 0.493 e. The predicted octanol–water partition coefficient (Wildman–Crippen LogP) is 8.61. The molecule has 0 radical (unpaired) electrons. The summed E-state index contributed by atoms with van der Waals surface area (Å²) in [4.78, 5) is 19.4. The van der Waals surface area contributed by atoms with Crippen molar-refractivity contribution in [2.24, 2.45) is 0 Å². The topological polar surface area (TPSA) is 112 Å². The van der Waals surface area contributed by atoms with Crippen LogP contribution >= 0.6 is 15.2 Å². The number of unbranched alkanes of at least 4 members (excludes halogenated alkanes) is 10. The first-order chi connectivity index (χ1) is 18.2. The van der Waals surface area contributed by atoms with Crippen molar-refractivity contribution in [1.82, 2.24) is 0 Å². The van der Waals surface area contributed by atoms with E-state index in [0.717, 1.165) is 38.5 Å². The average molecular weight is 579 g/mol. The number of hydrogen-bond acceptors (Lipinski definition) is 6. The quantitative estimate of drug-likeness (QED) is 0.0926. The Morgan fingerprint density at radius 2 is 1.00 bits per heavy atom. The molecule has 0 bridgehead atoms. The van der Waals surface area contributed by atoms with Crippen LogP contribution in [-0.2, 0) is 30.5 Å². The van der Waals surface area contributed by atoms with Gasteiger partial charge in [-0.05, 0) is 38.8 Å². The number of benzene rings is 1. The first kappa shape index (κ1) is 35.1. The Balaban J connectivity index is 3.14. The van der Waals surface area contributed by atoms with Crippen LogP contribution in [0.3, 0.4) is 0 Å². The minimum Gasteiger partial charge on any atom is -0.493 e. The molecule has 0 unspecified atom stereocenters. The van der Waals surface area contributed by atoms with Crippen molar-refractivity contribution >= 4 is 15.2 Å². The SMILES string of the molecule is CCCCCCCCOc1cc(CP(=O)(OCC)OCC)c(OCCCCCCCC)cc1CP(=O)(O)O. The zero-order valence-corrected chi connectivity index (χ0v) is 25.9. The number of rotatable bonds is 24. The zero-order chi connectivity index (χ0) is 28.3. The average Bonchev–Trinajstić information content (AvgIpc) is 2.84. The highest BCUT2D eigenvalue weighted by Crippen LogP contribution is 2.53. The van der Waals surface area contributed by atoms with Crippen molar-refractivity contribution in [3.8, 4) is 11.5 Å². The highest BCUT2D eigenvalue weighted by atomic mass is 31.2. The van der Waals surface area contributed by atoms with Gasteiger partial charge in [-0.25, -0.2) is 0 Å². The molecule has 1 aromatic rings. The minimum atomic E-state index is -4.36. The van der Waals surface area contributed by atoms with Crippen LogP contribution in [0.15, 0.2) is 12.1 Å². The van der Waals surface area contributed by atoms with E-state index < -0.39 is 21.4 Å². The maximum absolute atomic E-state index is 13.4. The summed E-state index contributed by atoms with van der Waals surface area (Å²) in [5, 5.41) is 0. The van der Waals surface area contributed by atoms with Gasteiger partial charge >= 0.3 is 15.2 Å². The second-order valence-electron chi connectivity index (χ2n) is 9.73. The van der Waals surface area contributed by atoms with E-state index in [9.17, 15) is 18.9 Å². The van der Waals surface area contributed by atoms with Crippen LogP contribution in [0, 0.1) is 0 Å². The lowest BCUT2D eigenvalue weighted by atomic mass is 10.1. The van der Waals surface area contributed by atoms with Crippen molar-refractivity contribution in [3.63, 3.8) is 0 Å². The molecule has 2 N–H and O–H groups in total. The van der Waals surface area contributed by atoms with E-state index in [4.69, 9.17) is 18.5 Å². The summed E-state index contributed by atoms with van der Waals surface area (Å²) in [6.07, 6.45) is 12.8. The van der Waals surface area contributed by atoms with Gasteiger partial charge in [0.25, 0.3) is 0 Å². The molecule has 0 aliphatic carbocycles. The van der Waals surface area contributed by atoms with E-state index in [0.29, 0.717) is 35.8 Å². The molecule has 38 heavy (non-hydrogen) atoms. The van der Waals surface area contributed by atoms with Crippen molar-refractivity contribution in [3.05, 3.63) is 23.3 Å². The van der Waals surface area contributed by atoms with Crippen molar-refractivity contribution < 1.29 is 37.4 Å². The molecule has 0 aliphatic heterocycles. The molecule has 0 heterocycles. The number of ether oxygens (including phenoxy) is 2. The molecule has 0 aliphatic rings. The van der Waals surface area contributed by atoms with E-state index >= 15 is 0 Å². The Morgan fingerprint density at radius 3 is 1.39 bits per heavy atom. The molecule has 0 spiro atoms. The molecule has 1 aromatic carbocycles. The fraction of sp³-hybridized carbons (Fsp3) is 0.786. The van der Waals surface area contributed by atoms with Crippen molar-refractivity contribution in [2.45, 2.75) is 117 Å². The van der Waals surface area contributed by atoms with Crippen LogP contribution in [0.25, 0.3) is 0 Å². The van der Waals surface area contributed by atoms with E-state index in [1.54, 1.807) is 26.0 Å². The van der Waals surface area contributed by atoms with Gasteiger partial charge in [0.05, 0.1) is 38.8 Å². The molecule has 0 amide bonds. The van der Waals surface area contributed by atoms with Gasteiger partial charge in [-0.3, -0.25) is 9.13 Å². The minimum absolute atomic E-state index is 0.00984. The lowest BCUT2D eigenvalue weighted by Gasteiger charge is -2.21.